The van der Waals surface area contributed by atoms with E-state index in [0.29, 0.717) is 10.6 Å². The number of rotatable bonds is 12. The number of carbonyl (C=O) groups is 2. The number of amides is 2. The monoisotopic (exact) mass is 635 g/mol. The lowest BCUT2D eigenvalue weighted by Gasteiger charge is -2.34. The molecule has 10 heteroatoms. The molecule has 0 aliphatic rings. The van der Waals surface area contributed by atoms with Gasteiger partial charge in [-0.15, -0.1) is 0 Å². The van der Waals surface area contributed by atoms with Crippen molar-refractivity contribution >= 4 is 39.1 Å². The fourth-order valence-electron chi connectivity index (χ4n) is 4.77. The summed E-state index contributed by atoms with van der Waals surface area (Å²) in [5.41, 5.74) is 2.00. The lowest BCUT2D eigenvalue weighted by Crippen LogP contribution is -2.54. The third-order valence-corrected chi connectivity index (χ3v) is 8.96. The van der Waals surface area contributed by atoms with Gasteiger partial charge in [0, 0.05) is 24.0 Å². The van der Waals surface area contributed by atoms with E-state index in [9.17, 15) is 18.0 Å². The Hall–Kier alpha value is -4.21. The molecule has 0 heterocycles. The van der Waals surface area contributed by atoms with Gasteiger partial charge >= 0.3 is 0 Å². The summed E-state index contributed by atoms with van der Waals surface area (Å²) >= 11 is 6.26. The van der Waals surface area contributed by atoms with Crippen molar-refractivity contribution in [1.82, 2.24) is 10.2 Å². The molecule has 44 heavy (non-hydrogen) atoms. The van der Waals surface area contributed by atoms with Crippen LogP contribution >= 0.6 is 11.6 Å². The van der Waals surface area contributed by atoms with Crippen LogP contribution in [0.5, 0.6) is 0 Å². The highest BCUT2D eigenvalue weighted by molar-refractivity contribution is 7.92. The Morgan fingerprint density at radius 1 is 0.864 bits per heavy atom. The Balaban J connectivity index is 1.82. The van der Waals surface area contributed by atoms with E-state index in [4.69, 9.17) is 11.6 Å². The predicted octanol–water partition coefficient (Wildman–Crippen LogP) is 6.15. The highest BCUT2D eigenvalue weighted by atomic mass is 35.5. The number of hydrogen-bond acceptors (Lipinski definition) is 4. The lowest BCUT2D eigenvalue weighted by molar-refractivity contribution is -0.140. The first kappa shape index (κ1) is 32.7. The second-order valence-corrected chi connectivity index (χ2v) is 13.1. The molecule has 4 aromatic carbocycles. The Labute approximate surface area is 263 Å². The first-order valence-electron chi connectivity index (χ1n) is 14.2. The van der Waals surface area contributed by atoms with E-state index in [1.807, 2.05) is 51.1 Å². The second-order valence-electron chi connectivity index (χ2n) is 10.8. The fourth-order valence-corrected chi connectivity index (χ4v) is 6.41. The smallest absolute Gasteiger partial charge is 0.264 e. The summed E-state index contributed by atoms with van der Waals surface area (Å²) in [6.45, 7) is 4.65. The molecule has 0 aliphatic carbocycles. The Bertz CT molecular complexity index is 1700. The molecule has 4 aromatic rings. The van der Waals surface area contributed by atoms with Gasteiger partial charge in [0.2, 0.25) is 11.8 Å². The van der Waals surface area contributed by atoms with Gasteiger partial charge in [0.05, 0.1) is 10.6 Å². The standard InChI is InChI=1S/C34H35ClFN3O4S/c1-24(2)37-34(41)32(21-26-10-5-4-6-11-26)38(22-27-12-9-13-28(35)20-27)33(40)23-39(31-15-8-7-14-30(31)36)44(42,43)29-18-16-25(3)17-19-29/h4-20,24,32H,21-23H2,1-3H3,(H,37,41). The molecule has 2 amide bonds. The van der Waals surface area contributed by atoms with Crippen molar-refractivity contribution in [2.75, 3.05) is 10.8 Å². The van der Waals surface area contributed by atoms with Crippen LogP contribution in [0, 0.1) is 12.7 Å². The summed E-state index contributed by atoms with van der Waals surface area (Å²) in [5.74, 6) is -1.91. The number of carbonyl (C=O) groups excluding carboxylic acids is 2. The van der Waals surface area contributed by atoms with Gasteiger partial charge in [0.1, 0.15) is 18.4 Å². The van der Waals surface area contributed by atoms with Crippen LogP contribution in [0.4, 0.5) is 10.1 Å². The van der Waals surface area contributed by atoms with Crippen molar-refractivity contribution in [3.05, 3.63) is 131 Å². The molecule has 1 unspecified atom stereocenters. The number of aryl methyl sites for hydroxylation is 1. The molecular formula is C34H35ClFN3O4S. The summed E-state index contributed by atoms with van der Waals surface area (Å²) in [4.78, 5) is 29.3. The van der Waals surface area contributed by atoms with E-state index in [1.165, 1.54) is 35.2 Å². The number of sulfonamides is 1. The number of para-hydroxylation sites is 1. The summed E-state index contributed by atoms with van der Waals surface area (Å²) in [7, 11) is -4.40. The normalized spacial score (nSPS) is 12.0. The van der Waals surface area contributed by atoms with Gasteiger partial charge in [-0.3, -0.25) is 13.9 Å². The van der Waals surface area contributed by atoms with Crippen molar-refractivity contribution in [2.24, 2.45) is 0 Å². The Morgan fingerprint density at radius 3 is 2.14 bits per heavy atom. The van der Waals surface area contributed by atoms with Crippen LogP contribution < -0.4 is 9.62 Å². The third-order valence-electron chi connectivity index (χ3n) is 6.95. The first-order chi connectivity index (χ1) is 21.0. The largest absolute Gasteiger partial charge is 0.352 e. The molecule has 1 N–H and O–H groups in total. The first-order valence-corrected chi connectivity index (χ1v) is 16.0. The molecule has 0 aromatic heterocycles. The Kier molecular flexibility index (Phi) is 10.8. The van der Waals surface area contributed by atoms with Crippen LogP contribution in [0.25, 0.3) is 0 Å². The van der Waals surface area contributed by atoms with Crippen molar-refractivity contribution in [2.45, 2.75) is 50.7 Å². The van der Waals surface area contributed by atoms with E-state index < -0.39 is 40.2 Å². The fraction of sp³-hybridized carbons (Fsp3) is 0.235. The predicted molar refractivity (Wildman–Crippen MR) is 171 cm³/mol. The molecule has 0 aliphatic heterocycles. The van der Waals surface area contributed by atoms with Crippen LogP contribution in [-0.2, 0) is 32.6 Å². The van der Waals surface area contributed by atoms with E-state index in [-0.39, 0.29) is 29.6 Å². The van der Waals surface area contributed by atoms with Gasteiger partial charge in [0.15, 0.2) is 0 Å². The van der Waals surface area contributed by atoms with Gasteiger partial charge in [-0.2, -0.15) is 0 Å². The summed E-state index contributed by atoms with van der Waals surface area (Å²) in [6.07, 6.45) is 0.163. The average Bonchev–Trinajstić information content (AvgIpc) is 2.98. The minimum absolute atomic E-state index is 0.0436. The van der Waals surface area contributed by atoms with Crippen LogP contribution in [0.15, 0.2) is 108 Å². The lowest BCUT2D eigenvalue weighted by atomic mass is 10.0. The molecule has 0 radical (unpaired) electrons. The molecule has 7 nitrogen and oxygen atoms in total. The van der Waals surface area contributed by atoms with Crippen LogP contribution in [0.1, 0.15) is 30.5 Å². The van der Waals surface area contributed by atoms with Gasteiger partial charge in [0.25, 0.3) is 10.0 Å². The number of hydrogen-bond donors (Lipinski definition) is 1. The van der Waals surface area contributed by atoms with Crippen molar-refractivity contribution in [1.29, 1.82) is 0 Å². The number of halogens is 2. The maximum absolute atomic E-state index is 15.2. The molecule has 0 bridgehead atoms. The number of benzene rings is 4. The van der Waals surface area contributed by atoms with Gasteiger partial charge in [-0.25, -0.2) is 12.8 Å². The molecule has 0 saturated heterocycles. The van der Waals surface area contributed by atoms with E-state index in [1.54, 1.807) is 36.4 Å². The zero-order chi connectivity index (χ0) is 31.9. The number of anilines is 1. The number of nitrogens with zero attached hydrogens (tertiary/aromatic N) is 2. The topological polar surface area (TPSA) is 86.8 Å². The van der Waals surface area contributed by atoms with Gasteiger partial charge in [-0.05, 0) is 68.3 Å². The molecule has 0 spiro atoms. The third kappa shape index (κ3) is 8.24. The molecule has 0 fully saturated rings. The van der Waals surface area contributed by atoms with Gasteiger partial charge < -0.3 is 10.2 Å². The summed E-state index contributed by atoms with van der Waals surface area (Å²) < 4.78 is 43.9. The zero-order valence-electron chi connectivity index (χ0n) is 24.8. The van der Waals surface area contributed by atoms with E-state index >= 15 is 4.39 Å². The van der Waals surface area contributed by atoms with Gasteiger partial charge in [-0.1, -0.05) is 83.9 Å². The molecule has 1 atom stereocenters. The highest BCUT2D eigenvalue weighted by Gasteiger charge is 2.35. The maximum atomic E-state index is 15.2. The quantitative estimate of drug-likeness (QED) is 0.202. The summed E-state index contributed by atoms with van der Waals surface area (Å²) in [6, 6.07) is 26.3. The number of nitrogens with one attached hydrogen (secondary N) is 1. The zero-order valence-corrected chi connectivity index (χ0v) is 26.4. The molecule has 230 valence electrons. The van der Waals surface area contributed by atoms with E-state index in [2.05, 4.69) is 5.32 Å². The van der Waals surface area contributed by atoms with Crippen LogP contribution in [0.2, 0.25) is 5.02 Å². The minimum atomic E-state index is -4.40. The van der Waals surface area contributed by atoms with Crippen molar-refractivity contribution in [3.63, 3.8) is 0 Å². The minimum Gasteiger partial charge on any atom is -0.352 e. The van der Waals surface area contributed by atoms with Crippen molar-refractivity contribution < 1.29 is 22.4 Å². The second kappa shape index (κ2) is 14.5. The summed E-state index contributed by atoms with van der Waals surface area (Å²) in [5, 5.41) is 3.34. The van der Waals surface area contributed by atoms with Crippen LogP contribution in [0.3, 0.4) is 0 Å². The van der Waals surface area contributed by atoms with Crippen LogP contribution in [-0.4, -0.2) is 43.8 Å². The van der Waals surface area contributed by atoms with E-state index in [0.717, 1.165) is 21.5 Å². The molecular weight excluding hydrogens is 601 g/mol. The highest BCUT2D eigenvalue weighted by Crippen LogP contribution is 2.27. The SMILES string of the molecule is Cc1ccc(S(=O)(=O)N(CC(=O)N(Cc2cccc(Cl)c2)C(Cc2ccccc2)C(=O)NC(C)C)c2ccccc2F)cc1. The molecule has 4 rings (SSSR count). The maximum Gasteiger partial charge on any atom is 0.264 e. The molecule has 0 saturated carbocycles. The average molecular weight is 636 g/mol. The Morgan fingerprint density at radius 2 is 1.50 bits per heavy atom. The van der Waals surface area contributed by atoms with Crippen molar-refractivity contribution in [3.8, 4) is 0 Å².